The van der Waals surface area contributed by atoms with E-state index in [0.717, 1.165) is 0 Å². The van der Waals surface area contributed by atoms with Crippen LogP contribution in [0.5, 0.6) is 5.75 Å². The van der Waals surface area contributed by atoms with Crippen LogP contribution < -0.4 is 15.4 Å². The summed E-state index contributed by atoms with van der Waals surface area (Å²) < 4.78 is 10.3. The van der Waals surface area contributed by atoms with Gasteiger partial charge in [0.2, 0.25) is 0 Å². The van der Waals surface area contributed by atoms with Crippen LogP contribution in [0.4, 0.5) is 10.5 Å². The van der Waals surface area contributed by atoms with Gasteiger partial charge in [-0.1, -0.05) is 0 Å². The topological polar surface area (TPSA) is 96.9 Å². The molecule has 1 rings (SSSR count). The Labute approximate surface area is 123 Å². The van der Waals surface area contributed by atoms with E-state index in [0.29, 0.717) is 18.8 Å². The van der Waals surface area contributed by atoms with Crippen molar-refractivity contribution in [2.75, 3.05) is 25.6 Å². The molecule has 1 atom stereocenters. The minimum absolute atomic E-state index is 0.0356. The summed E-state index contributed by atoms with van der Waals surface area (Å²) in [6.07, 6.45) is -0.0790. The number of aromatic carboxylic acids is 1. The van der Waals surface area contributed by atoms with E-state index in [2.05, 4.69) is 10.6 Å². The van der Waals surface area contributed by atoms with Gasteiger partial charge in [-0.2, -0.15) is 0 Å². The highest BCUT2D eigenvalue weighted by Crippen LogP contribution is 2.23. The minimum atomic E-state index is -1.09. The fraction of sp³-hybridized carbons (Fsp3) is 0.429. The number of carbonyl (C=O) groups excluding carboxylic acids is 1. The third kappa shape index (κ3) is 5.31. The number of urea groups is 1. The van der Waals surface area contributed by atoms with Crippen molar-refractivity contribution >= 4 is 17.7 Å². The summed E-state index contributed by atoms with van der Waals surface area (Å²) in [6, 6.07) is 3.93. The Hall–Kier alpha value is -2.28. The number of rotatable bonds is 7. The monoisotopic (exact) mass is 296 g/mol. The summed E-state index contributed by atoms with van der Waals surface area (Å²) in [5.41, 5.74) is 0.479. The Kier molecular flexibility index (Phi) is 6.48. The van der Waals surface area contributed by atoms with E-state index in [1.165, 1.54) is 25.3 Å². The molecule has 1 aromatic rings. The van der Waals surface area contributed by atoms with Gasteiger partial charge in [-0.05, 0) is 26.0 Å². The van der Waals surface area contributed by atoms with Crippen LogP contribution in [0.1, 0.15) is 24.2 Å². The average molecular weight is 296 g/mol. The quantitative estimate of drug-likeness (QED) is 0.714. The largest absolute Gasteiger partial charge is 0.496 e. The van der Waals surface area contributed by atoms with Crippen molar-refractivity contribution in [1.29, 1.82) is 0 Å². The maximum atomic E-state index is 11.7. The Morgan fingerprint density at radius 1 is 1.38 bits per heavy atom. The van der Waals surface area contributed by atoms with Gasteiger partial charge in [0.25, 0.3) is 0 Å². The number of hydrogen-bond acceptors (Lipinski definition) is 4. The average Bonchev–Trinajstić information content (AvgIpc) is 2.45. The van der Waals surface area contributed by atoms with Gasteiger partial charge in [0, 0.05) is 24.9 Å². The second-order valence-electron chi connectivity index (χ2n) is 4.32. The lowest BCUT2D eigenvalue weighted by atomic mass is 10.2. The van der Waals surface area contributed by atoms with Crippen LogP contribution in [0.25, 0.3) is 0 Å². The third-order valence-corrected chi connectivity index (χ3v) is 2.69. The van der Waals surface area contributed by atoms with E-state index < -0.39 is 12.0 Å². The van der Waals surface area contributed by atoms with Crippen LogP contribution in [-0.4, -0.2) is 43.5 Å². The van der Waals surface area contributed by atoms with Crippen molar-refractivity contribution in [3.05, 3.63) is 23.8 Å². The van der Waals surface area contributed by atoms with Gasteiger partial charge in [-0.25, -0.2) is 9.59 Å². The summed E-state index contributed by atoms with van der Waals surface area (Å²) in [7, 11) is 1.37. The predicted molar refractivity (Wildman–Crippen MR) is 78.1 cm³/mol. The summed E-state index contributed by atoms with van der Waals surface area (Å²) in [4.78, 5) is 22.7. The highest BCUT2D eigenvalue weighted by molar-refractivity contribution is 5.94. The molecule has 116 valence electrons. The number of amides is 2. The molecule has 3 N–H and O–H groups in total. The van der Waals surface area contributed by atoms with E-state index in [-0.39, 0.29) is 17.4 Å². The number of carboxylic acid groups (broad SMARTS) is 1. The lowest BCUT2D eigenvalue weighted by Crippen LogP contribution is -2.35. The van der Waals surface area contributed by atoms with Crippen LogP contribution in [0.2, 0.25) is 0 Å². The van der Waals surface area contributed by atoms with Gasteiger partial charge < -0.3 is 25.2 Å². The lowest BCUT2D eigenvalue weighted by Gasteiger charge is -2.14. The lowest BCUT2D eigenvalue weighted by molar-refractivity contribution is 0.0693. The van der Waals surface area contributed by atoms with Crippen molar-refractivity contribution in [1.82, 2.24) is 5.32 Å². The van der Waals surface area contributed by atoms with Crippen LogP contribution in [-0.2, 0) is 4.74 Å². The number of anilines is 1. The zero-order chi connectivity index (χ0) is 15.8. The van der Waals surface area contributed by atoms with Crippen molar-refractivity contribution in [2.45, 2.75) is 20.0 Å². The van der Waals surface area contributed by atoms with Gasteiger partial charge in [0.05, 0.1) is 13.2 Å². The van der Waals surface area contributed by atoms with Crippen molar-refractivity contribution in [2.24, 2.45) is 0 Å². The Morgan fingerprint density at radius 2 is 2.10 bits per heavy atom. The molecular formula is C14H20N2O5. The number of ether oxygens (including phenoxy) is 2. The molecule has 2 amide bonds. The first-order valence-electron chi connectivity index (χ1n) is 6.55. The first kappa shape index (κ1) is 16.8. The molecule has 0 aliphatic rings. The van der Waals surface area contributed by atoms with E-state index in [9.17, 15) is 9.59 Å². The molecule has 0 spiro atoms. The molecular weight excluding hydrogens is 276 g/mol. The zero-order valence-electron chi connectivity index (χ0n) is 12.3. The van der Waals surface area contributed by atoms with Gasteiger partial charge in [-0.3, -0.25) is 0 Å². The van der Waals surface area contributed by atoms with Gasteiger partial charge in [-0.15, -0.1) is 0 Å². The normalized spacial score (nSPS) is 11.6. The minimum Gasteiger partial charge on any atom is -0.496 e. The SMILES string of the molecule is CCOC(C)CNC(=O)Nc1ccc(C(=O)O)c(OC)c1. The van der Waals surface area contributed by atoms with Crippen LogP contribution >= 0.6 is 0 Å². The Morgan fingerprint density at radius 3 is 2.67 bits per heavy atom. The molecule has 1 unspecified atom stereocenters. The van der Waals surface area contributed by atoms with Crippen LogP contribution in [0.3, 0.4) is 0 Å². The highest BCUT2D eigenvalue weighted by Gasteiger charge is 2.12. The standard InChI is InChI=1S/C14H20N2O5/c1-4-21-9(2)8-15-14(19)16-10-5-6-11(13(17)18)12(7-10)20-3/h5-7,9H,4,8H2,1-3H3,(H,17,18)(H2,15,16,19). The van der Waals surface area contributed by atoms with Gasteiger partial charge in [0.1, 0.15) is 11.3 Å². The second-order valence-corrected chi connectivity index (χ2v) is 4.32. The van der Waals surface area contributed by atoms with E-state index in [1.54, 1.807) is 0 Å². The fourth-order valence-electron chi connectivity index (χ4n) is 1.70. The van der Waals surface area contributed by atoms with Crippen molar-refractivity contribution < 1.29 is 24.2 Å². The summed E-state index contributed by atoms with van der Waals surface area (Å²) in [5.74, 6) is -0.906. The molecule has 0 radical (unpaired) electrons. The van der Waals surface area contributed by atoms with E-state index in [4.69, 9.17) is 14.6 Å². The number of benzene rings is 1. The molecule has 0 aliphatic carbocycles. The first-order chi connectivity index (χ1) is 9.97. The first-order valence-corrected chi connectivity index (χ1v) is 6.55. The highest BCUT2D eigenvalue weighted by atomic mass is 16.5. The van der Waals surface area contributed by atoms with Gasteiger partial charge in [0.15, 0.2) is 0 Å². The number of carbonyl (C=O) groups is 2. The van der Waals surface area contributed by atoms with Crippen molar-refractivity contribution in [3.8, 4) is 5.75 Å². The molecule has 7 heteroatoms. The van der Waals surface area contributed by atoms with Crippen molar-refractivity contribution in [3.63, 3.8) is 0 Å². The third-order valence-electron chi connectivity index (χ3n) is 2.69. The smallest absolute Gasteiger partial charge is 0.339 e. The Bertz CT molecular complexity index is 504. The number of methoxy groups -OCH3 is 1. The maximum Gasteiger partial charge on any atom is 0.339 e. The van der Waals surface area contributed by atoms with E-state index >= 15 is 0 Å². The predicted octanol–water partition coefficient (Wildman–Crippen LogP) is 1.94. The molecule has 0 saturated carbocycles. The molecule has 0 aliphatic heterocycles. The molecule has 0 bridgehead atoms. The molecule has 0 aromatic heterocycles. The molecule has 0 heterocycles. The molecule has 0 fully saturated rings. The number of hydrogen-bond donors (Lipinski definition) is 3. The van der Waals surface area contributed by atoms with Gasteiger partial charge >= 0.3 is 12.0 Å². The zero-order valence-corrected chi connectivity index (χ0v) is 12.3. The number of carboxylic acids is 1. The maximum absolute atomic E-state index is 11.7. The second kappa shape index (κ2) is 8.11. The summed E-state index contributed by atoms with van der Waals surface area (Å²) in [5, 5.41) is 14.2. The number of nitrogens with one attached hydrogen (secondary N) is 2. The summed E-state index contributed by atoms with van der Waals surface area (Å²) >= 11 is 0. The van der Waals surface area contributed by atoms with Crippen LogP contribution in [0, 0.1) is 0 Å². The van der Waals surface area contributed by atoms with Crippen LogP contribution in [0.15, 0.2) is 18.2 Å². The summed E-state index contributed by atoms with van der Waals surface area (Å²) in [6.45, 7) is 4.70. The Balaban J connectivity index is 2.62. The molecule has 1 aromatic carbocycles. The molecule has 0 saturated heterocycles. The molecule has 21 heavy (non-hydrogen) atoms. The fourth-order valence-corrected chi connectivity index (χ4v) is 1.70. The van der Waals surface area contributed by atoms with E-state index in [1.807, 2.05) is 13.8 Å². The molecule has 7 nitrogen and oxygen atoms in total.